The molecule has 0 radical (unpaired) electrons. The lowest BCUT2D eigenvalue weighted by Gasteiger charge is -2.32. The summed E-state index contributed by atoms with van der Waals surface area (Å²) < 4.78 is 33.7. The van der Waals surface area contributed by atoms with Gasteiger partial charge in [-0.25, -0.2) is 8.42 Å². The fourth-order valence-corrected chi connectivity index (χ4v) is 6.50. The maximum Gasteiger partial charge on any atom is 0.245 e. The first-order valence-corrected chi connectivity index (χ1v) is 9.75. The molecule has 0 aliphatic carbocycles. The number of nitrogen functional groups attached to an aromatic ring is 1. The maximum absolute atomic E-state index is 12.9. The van der Waals surface area contributed by atoms with Crippen molar-refractivity contribution in [2.45, 2.75) is 30.8 Å². The van der Waals surface area contributed by atoms with E-state index in [0.717, 1.165) is 12.8 Å². The molecule has 21 heavy (non-hydrogen) atoms. The largest absolute Gasteiger partial charge is 0.399 e. The van der Waals surface area contributed by atoms with Crippen LogP contribution >= 0.6 is 31.9 Å². The summed E-state index contributed by atoms with van der Waals surface area (Å²) in [6, 6.07) is 3.20. The van der Waals surface area contributed by atoms with Gasteiger partial charge in [0, 0.05) is 34.3 Å². The average Bonchev–Trinajstić information content (AvgIpc) is 2.37. The number of anilines is 1. The third kappa shape index (κ3) is 3.79. The van der Waals surface area contributed by atoms with Crippen molar-refractivity contribution in [3.8, 4) is 0 Å². The quantitative estimate of drug-likeness (QED) is 0.729. The van der Waals surface area contributed by atoms with Gasteiger partial charge in [0.25, 0.3) is 0 Å². The second kappa shape index (κ2) is 6.95. The van der Waals surface area contributed by atoms with E-state index in [-0.39, 0.29) is 11.0 Å². The van der Waals surface area contributed by atoms with E-state index in [2.05, 4.69) is 31.9 Å². The number of nitrogens with zero attached hydrogens (tertiary/aromatic N) is 1. The van der Waals surface area contributed by atoms with Gasteiger partial charge >= 0.3 is 0 Å². The van der Waals surface area contributed by atoms with E-state index in [0.29, 0.717) is 34.3 Å². The number of halogens is 2. The SMILES string of the molecule is CCOC1CCCN(S(=O)(=O)c2c(Br)cc(N)cc2Br)C1. The molecule has 1 aromatic rings. The fourth-order valence-electron chi connectivity index (χ4n) is 2.45. The highest BCUT2D eigenvalue weighted by atomic mass is 79.9. The van der Waals surface area contributed by atoms with Gasteiger partial charge in [-0.1, -0.05) is 0 Å². The van der Waals surface area contributed by atoms with Crippen molar-refractivity contribution in [2.24, 2.45) is 0 Å². The topological polar surface area (TPSA) is 72.6 Å². The van der Waals surface area contributed by atoms with Crippen LogP contribution in [0.25, 0.3) is 0 Å². The van der Waals surface area contributed by atoms with E-state index >= 15 is 0 Å². The summed E-state index contributed by atoms with van der Waals surface area (Å²) in [7, 11) is -3.59. The number of ether oxygens (including phenoxy) is 1. The van der Waals surface area contributed by atoms with Gasteiger partial charge in [0.2, 0.25) is 10.0 Å². The molecule has 1 fully saturated rings. The zero-order valence-electron chi connectivity index (χ0n) is 11.7. The van der Waals surface area contributed by atoms with Crippen LogP contribution in [0.3, 0.4) is 0 Å². The van der Waals surface area contributed by atoms with Crippen LogP contribution in [0.2, 0.25) is 0 Å². The standard InChI is InChI=1S/C13H18Br2N2O3S/c1-2-20-10-4-3-5-17(8-10)21(18,19)13-11(14)6-9(16)7-12(13)15/h6-7,10H,2-5,8,16H2,1H3. The first-order valence-electron chi connectivity index (χ1n) is 6.72. The molecule has 1 aliphatic rings. The number of hydrogen-bond acceptors (Lipinski definition) is 4. The zero-order valence-corrected chi connectivity index (χ0v) is 15.7. The Labute approximate surface area is 142 Å². The van der Waals surface area contributed by atoms with Gasteiger partial charge < -0.3 is 10.5 Å². The number of rotatable bonds is 4. The molecule has 1 heterocycles. The highest BCUT2D eigenvalue weighted by Gasteiger charge is 2.33. The summed E-state index contributed by atoms with van der Waals surface area (Å²) in [4.78, 5) is 0.217. The lowest BCUT2D eigenvalue weighted by Crippen LogP contribution is -2.43. The number of sulfonamides is 1. The Bertz CT molecular complexity index is 597. The molecule has 0 aromatic heterocycles. The molecule has 0 bridgehead atoms. The minimum atomic E-state index is -3.59. The highest BCUT2D eigenvalue weighted by Crippen LogP contribution is 2.35. The van der Waals surface area contributed by atoms with E-state index < -0.39 is 10.0 Å². The third-order valence-electron chi connectivity index (χ3n) is 3.36. The molecule has 118 valence electrons. The molecule has 2 rings (SSSR count). The average molecular weight is 442 g/mol. The number of piperidine rings is 1. The van der Waals surface area contributed by atoms with E-state index in [1.807, 2.05) is 6.92 Å². The molecule has 0 saturated carbocycles. The first kappa shape index (κ1) is 17.2. The predicted octanol–water partition coefficient (Wildman–Crippen LogP) is 2.98. The Morgan fingerprint density at radius 1 is 1.38 bits per heavy atom. The van der Waals surface area contributed by atoms with Gasteiger partial charge in [0.1, 0.15) is 4.90 Å². The van der Waals surface area contributed by atoms with Gasteiger partial charge in [-0.05, 0) is 63.8 Å². The summed E-state index contributed by atoms with van der Waals surface area (Å²) in [6.45, 7) is 3.41. The zero-order chi connectivity index (χ0) is 15.6. The molecule has 1 saturated heterocycles. The molecule has 1 aromatic carbocycles. The van der Waals surface area contributed by atoms with Crippen LogP contribution < -0.4 is 5.73 Å². The van der Waals surface area contributed by atoms with E-state index in [4.69, 9.17) is 10.5 Å². The van der Waals surface area contributed by atoms with Crippen LogP contribution in [0.15, 0.2) is 26.0 Å². The van der Waals surface area contributed by atoms with Crippen LogP contribution in [0.1, 0.15) is 19.8 Å². The van der Waals surface area contributed by atoms with Gasteiger partial charge in [-0.2, -0.15) is 4.31 Å². The van der Waals surface area contributed by atoms with Crippen LogP contribution in [0, 0.1) is 0 Å². The van der Waals surface area contributed by atoms with Crippen molar-refractivity contribution in [3.05, 3.63) is 21.1 Å². The van der Waals surface area contributed by atoms with Crippen molar-refractivity contribution < 1.29 is 13.2 Å². The van der Waals surface area contributed by atoms with Crippen LogP contribution in [0.5, 0.6) is 0 Å². The normalized spacial score (nSPS) is 20.6. The monoisotopic (exact) mass is 440 g/mol. The first-order chi connectivity index (χ1) is 9.86. The van der Waals surface area contributed by atoms with Crippen molar-refractivity contribution in [1.29, 1.82) is 0 Å². The van der Waals surface area contributed by atoms with Crippen molar-refractivity contribution >= 4 is 47.6 Å². The van der Waals surface area contributed by atoms with E-state index in [1.165, 1.54) is 4.31 Å². The summed E-state index contributed by atoms with van der Waals surface area (Å²) in [5, 5.41) is 0. The molecule has 8 heteroatoms. The highest BCUT2D eigenvalue weighted by molar-refractivity contribution is 9.11. The second-order valence-corrected chi connectivity index (χ2v) is 8.48. The van der Waals surface area contributed by atoms with Gasteiger partial charge in [0.15, 0.2) is 0 Å². The van der Waals surface area contributed by atoms with Crippen molar-refractivity contribution in [3.63, 3.8) is 0 Å². The minimum Gasteiger partial charge on any atom is -0.399 e. The molecule has 1 aliphatic heterocycles. The molecule has 0 amide bonds. The lowest BCUT2D eigenvalue weighted by molar-refractivity contribution is 0.0265. The van der Waals surface area contributed by atoms with Gasteiger partial charge in [-0.3, -0.25) is 0 Å². The molecule has 1 atom stereocenters. The smallest absolute Gasteiger partial charge is 0.245 e. The van der Waals surface area contributed by atoms with Gasteiger partial charge in [0.05, 0.1) is 6.10 Å². The summed E-state index contributed by atoms with van der Waals surface area (Å²) in [5.41, 5.74) is 6.22. The summed E-state index contributed by atoms with van der Waals surface area (Å²) >= 11 is 6.60. The Balaban J connectivity index is 2.34. The molecular formula is C13H18Br2N2O3S. The third-order valence-corrected chi connectivity index (χ3v) is 7.10. The molecule has 1 unspecified atom stereocenters. The van der Waals surface area contributed by atoms with Gasteiger partial charge in [-0.15, -0.1) is 0 Å². The Morgan fingerprint density at radius 3 is 2.57 bits per heavy atom. The Kier molecular flexibility index (Phi) is 5.70. The van der Waals surface area contributed by atoms with Crippen molar-refractivity contribution in [2.75, 3.05) is 25.4 Å². The maximum atomic E-state index is 12.9. The van der Waals surface area contributed by atoms with Crippen molar-refractivity contribution in [1.82, 2.24) is 4.31 Å². The second-order valence-electron chi connectivity index (χ2n) is 4.90. The van der Waals surface area contributed by atoms with E-state index in [1.54, 1.807) is 12.1 Å². The number of nitrogens with two attached hydrogens (primary N) is 1. The lowest BCUT2D eigenvalue weighted by atomic mass is 10.1. The fraction of sp³-hybridized carbons (Fsp3) is 0.538. The molecule has 0 spiro atoms. The Morgan fingerprint density at radius 2 is 2.00 bits per heavy atom. The minimum absolute atomic E-state index is 0.0372. The van der Waals surface area contributed by atoms with Crippen LogP contribution in [0.4, 0.5) is 5.69 Å². The molecule has 2 N–H and O–H groups in total. The summed E-state index contributed by atoms with van der Waals surface area (Å²) in [6.07, 6.45) is 1.66. The van der Waals surface area contributed by atoms with Crippen LogP contribution in [-0.4, -0.2) is 38.5 Å². The van der Waals surface area contributed by atoms with E-state index in [9.17, 15) is 8.42 Å². The number of hydrogen-bond donors (Lipinski definition) is 1. The number of benzene rings is 1. The molecular weight excluding hydrogens is 424 g/mol. The summed E-state index contributed by atoms with van der Waals surface area (Å²) in [5.74, 6) is 0. The predicted molar refractivity (Wildman–Crippen MR) is 89.7 cm³/mol. The Hall–Kier alpha value is -0.150. The van der Waals surface area contributed by atoms with Crippen LogP contribution in [-0.2, 0) is 14.8 Å². The molecule has 5 nitrogen and oxygen atoms in total.